The average molecular weight is 330 g/mol. The Bertz CT molecular complexity index is 654. The second kappa shape index (κ2) is 7.16. The minimum absolute atomic E-state index is 0.0281. The Morgan fingerprint density at radius 2 is 2.29 bits per heavy atom. The van der Waals surface area contributed by atoms with Gasteiger partial charge in [-0.1, -0.05) is 11.6 Å². The molecule has 0 saturated carbocycles. The summed E-state index contributed by atoms with van der Waals surface area (Å²) in [7, 11) is 0. The topological polar surface area (TPSA) is 50.8 Å². The van der Waals surface area contributed by atoms with Crippen LogP contribution < -0.4 is 14.8 Å². The number of nitrogens with one attached hydrogen (secondary N) is 1. The first-order valence-electron chi connectivity index (χ1n) is 8.70. The number of ether oxygens (including phenoxy) is 2. The van der Waals surface area contributed by atoms with Crippen LogP contribution in [0.3, 0.4) is 0 Å². The number of urea groups is 1. The Morgan fingerprint density at radius 3 is 3.04 bits per heavy atom. The van der Waals surface area contributed by atoms with Crippen molar-refractivity contribution in [2.45, 2.75) is 46.3 Å². The maximum atomic E-state index is 12.4. The van der Waals surface area contributed by atoms with E-state index < -0.39 is 0 Å². The average Bonchev–Trinajstić information content (AvgIpc) is 2.91. The van der Waals surface area contributed by atoms with Gasteiger partial charge in [-0.2, -0.15) is 0 Å². The van der Waals surface area contributed by atoms with E-state index in [2.05, 4.69) is 31.3 Å². The lowest BCUT2D eigenvalue weighted by Crippen LogP contribution is -2.42. The fourth-order valence-electron chi connectivity index (χ4n) is 3.28. The lowest BCUT2D eigenvalue weighted by molar-refractivity contribution is 0.200. The van der Waals surface area contributed by atoms with Crippen molar-refractivity contribution in [2.75, 3.05) is 19.7 Å². The van der Waals surface area contributed by atoms with Crippen LogP contribution >= 0.6 is 0 Å². The SMILES string of the molecule is CCOc1cc2c(cc1CNC(=O)N1CCC=C(C)C1)OC(C)C2. The molecule has 2 aliphatic rings. The van der Waals surface area contributed by atoms with Crippen molar-refractivity contribution in [3.63, 3.8) is 0 Å². The van der Waals surface area contributed by atoms with Gasteiger partial charge < -0.3 is 19.7 Å². The normalized spacial score (nSPS) is 19.4. The third kappa shape index (κ3) is 3.66. The molecule has 5 nitrogen and oxygen atoms in total. The summed E-state index contributed by atoms with van der Waals surface area (Å²) >= 11 is 0. The molecule has 3 rings (SSSR count). The smallest absolute Gasteiger partial charge is 0.317 e. The zero-order valence-electron chi connectivity index (χ0n) is 14.7. The highest BCUT2D eigenvalue weighted by Gasteiger charge is 2.22. The molecule has 1 aromatic carbocycles. The van der Waals surface area contributed by atoms with E-state index in [1.54, 1.807) is 0 Å². The number of amides is 2. The summed E-state index contributed by atoms with van der Waals surface area (Å²) in [5.74, 6) is 1.75. The van der Waals surface area contributed by atoms with Gasteiger partial charge in [0.05, 0.1) is 6.61 Å². The third-order valence-corrected chi connectivity index (χ3v) is 4.43. The molecule has 1 aromatic rings. The molecule has 0 saturated heterocycles. The summed E-state index contributed by atoms with van der Waals surface area (Å²) in [5.41, 5.74) is 3.38. The molecule has 2 heterocycles. The highest BCUT2D eigenvalue weighted by molar-refractivity contribution is 5.74. The van der Waals surface area contributed by atoms with Crippen molar-refractivity contribution < 1.29 is 14.3 Å². The standard InChI is InChI=1S/C19H26N2O3/c1-4-23-17-9-15-8-14(3)24-18(15)10-16(17)11-20-19(22)21-7-5-6-13(2)12-21/h6,9-10,14H,4-5,7-8,11-12H2,1-3H3,(H,20,22). The van der Waals surface area contributed by atoms with E-state index in [1.165, 1.54) is 11.1 Å². The first-order chi connectivity index (χ1) is 11.6. The molecule has 2 aliphatic heterocycles. The summed E-state index contributed by atoms with van der Waals surface area (Å²) in [4.78, 5) is 14.2. The fraction of sp³-hybridized carbons (Fsp3) is 0.526. The molecular formula is C19H26N2O3. The number of rotatable bonds is 4. The van der Waals surface area contributed by atoms with E-state index in [0.717, 1.165) is 36.4 Å². The number of benzene rings is 1. The Labute approximate surface area is 143 Å². The number of hydrogen-bond donors (Lipinski definition) is 1. The zero-order chi connectivity index (χ0) is 17.1. The van der Waals surface area contributed by atoms with Crippen molar-refractivity contribution in [2.24, 2.45) is 0 Å². The first-order valence-corrected chi connectivity index (χ1v) is 8.70. The van der Waals surface area contributed by atoms with Crippen LogP contribution in [0.5, 0.6) is 11.5 Å². The predicted octanol–water partition coefficient (Wildman–Crippen LogP) is 3.27. The van der Waals surface area contributed by atoms with Gasteiger partial charge in [-0.15, -0.1) is 0 Å². The van der Waals surface area contributed by atoms with Gasteiger partial charge in [0.25, 0.3) is 0 Å². The molecule has 2 amide bonds. The van der Waals surface area contributed by atoms with E-state index in [0.29, 0.717) is 19.7 Å². The largest absolute Gasteiger partial charge is 0.494 e. The fourth-order valence-corrected chi connectivity index (χ4v) is 3.28. The molecule has 130 valence electrons. The van der Waals surface area contributed by atoms with Crippen molar-refractivity contribution >= 4 is 6.03 Å². The molecule has 1 N–H and O–H groups in total. The van der Waals surface area contributed by atoms with Crippen LogP contribution in [0.2, 0.25) is 0 Å². The van der Waals surface area contributed by atoms with Crippen LogP contribution in [-0.2, 0) is 13.0 Å². The lowest BCUT2D eigenvalue weighted by atomic mass is 10.1. The molecule has 0 fully saturated rings. The minimum Gasteiger partial charge on any atom is -0.494 e. The van der Waals surface area contributed by atoms with Gasteiger partial charge in [0.15, 0.2) is 0 Å². The van der Waals surface area contributed by atoms with Crippen LogP contribution in [0.4, 0.5) is 4.79 Å². The second-order valence-electron chi connectivity index (χ2n) is 6.55. The van der Waals surface area contributed by atoms with Crippen molar-refractivity contribution in [3.8, 4) is 11.5 Å². The van der Waals surface area contributed by atoms with Crippen LogP contribution in [0.25, 0.3) is 0 Å². The first kappa shape index (κ1) is 16.7. The van der Waals surface area contributed by atoms with Gasteiger partial charge in [-0.05, 0) is 39.3 Å². The summed E-state index contributed by atoms with van der Waals surface area (Å²) in [6.45, 7) is 8.61. The highest BCUT2D eigenvalue weighted by Crippen LogP contribution is 2.35. The van der Waals surface area contributed by atoms with Crippen LogP contribution in [0.1, 0.15) is 38.3 Å². The van der Waals surface area contributed by atoms with Crippen molar-refractivity contribution in [1.29, 1.82) is 0 Å². The van der Waals surface area contributed by atoms with Gasteiger partial charge in [0, 0.05) is 37.2 Å². The molecule has 5 heteroatoms. The molecule has 24 heavy (non-hydrogen) atoms. The van der Waals surface area contributed by atoms with Crippen LogP contribution in [0, 0.1) is 0 Å². The monoisotopic (exact) mass is 330 g/mol. The van der Waals surface area contributed by atoms with E-state index >= 15 is 0 Å². The van der Waals surface area contributed by atoms with Gasteiger partial charge in [0.1, 0.15) is 17.6 Å². The van der Waals surface area contributed by atoms with E-state index in [1.807, 2.05) is 17.9 Å². The van der Waals surface area contributed by atoms with Crippen LogP contribution in [0.15, 0.2) is 23.8 Å². The molecule has 1 unspecified atom stereocenters. The summed E-state index contributed by atoms with van der Waals surface area (Å²) in [6, 6.07) is 4.03. The number of hydrogen-bond acceptors (Lipinski definition) is 3. The molecule has 0 aromatic heterocycles. The Kier molecular flexibility index (Phi) is 4.97. The van der Waals surface area contributed by atoms with Crippen molar-refractivity contribution in [1.82, 2.24) is 10.2 Å². The zero-order valence-corrected chi connectivity index (χ0v) is 14.7. The van der Waals surface area contributed by atoms with Crippen molar-refractivity contribution in [3.05, 3.63) is 34.9 Å². The minimum atomic E-state index is -0.0281. The van der Waals surface area contributed by atoms with E-state index in [-0.39, 0.29) is 12.1 Å². The Balaban J connectivity index is 1.69. The number of carbonyl (C=O) groups excluding carboxylic acids is 1. The summed E-state index contributed by atoms with van der Waals surface area (Å²) < 4.78 is 11.6. The maximum absolute atomic E-state index is 12.4. The highest BCUT2D eigenvalue weighted by atomic mass is 16.5. The molecule has 0 spiro atoms. The Morgan fingerprint density at radius 1 is 1.46 bits per heavy atom. The molecule has 0 aliphatic carbocycles. The van der Waals surface area contributed by atoms with E-state index in [4.69, 9.17) is 9.47 Å². The predicted molar refractivity (Wildman–Crippen MR) is 93.6 cm³/mol. The summed E-state index contributed by atoms with van der Waals surface area (Å²) in [5, 5.41) is 3.01. The molecule has 0 bridgehead atoms. The second-order valence-corrected chi connectivity index (χ2v) is 6.55. The van der Waals surface area contributed by atoms with Crippen LogP contribution in [-0.4, -0.2) is 36.7 Å². The number of fused-ring (bicyclic) bond motifs is 1. The van der Waals surface area contributed by atoms with Gasteiger partial charge in [-0.3, -0.25) is 0 Å². The molecule has 0 radical (unpaired) electrons. The maximum Gasteiger partial charge on any atom is 0.317 e. The van der Waals surface area contributed by atoms with Gasteiger partial charge >= 0.3 is 6.03 Å². The quantitative estimate of drug-likeness (QED) is 0.862. The molecular weight excluding hydrogens is 304 g/mol. The molecule has 1 atom stereocenters. The lowest BCUT2D eigenvalue weighted by Gasteiger charge is -2.26. The van der Waals surface area contributed by atoms with Gasteiger partial charge in [0.2, 0.25) is 0 Å². The Hall–Kier alpha value is -2.17. The number of nitrogens with zero attached hydrogens (tertiary/aromatic N) is 1. The number of carbonyl (C=O) groups is 1. The van der Waals surface area contributed by atoms with Gasteiger partial charge in [-0.25, -0.2) is 4.79 Å². The third-order valence-electron chi connectivity index (χ3n) is 4.43. The van der Waals surface area contributed by atoms with E-state index in [9.17, 15) is 4.79 Å². The summed E-state index contributed by atoms with van der Waals surface area (Å²) in [6.07, 6.45) is 4.22.